The lowest BCUT2D eigenvalue weighted by atomic mass is 10.4. The molecule has 110 valence electrons. The first-order valence-corrected chi connectivity index (χ1v) is 7.45. The third-order valence-electron chi connectivity index (χ3n) is 2.84. The molecule has 6 heteroatoms. The summed E-state index contributed by atoms with van der Waals surface area (Å²) in [6.07, 6.45) is -4.88. The maximum atomic E-state index is 12.7. The molecular weight excluding hydrogens is 298 g/mol. The van der Waals surface area contributed by atoms with Gasteiger partial charge in [0, 0.05) is 17.7 Å². The number of carbonyl (C=O) groups excluding carboxylic acids is 1. The maximum Gasteiger partial charge on any atom is 0.471 e. The Labute approximate surface area is 122 Å². The highest BCUT2D eigenvalue weighted by atomic mass is 31.1. The molecule has 2 aromatic rings. The minimum atomic E-state index is -4.88. The summed E-state index contributed by atoms with van der Waals surface area (Å²) in [4.78, 5) is 11.6. The number of nitrogens with zero attached hydrogens (tertiary/aromatic N) is 1. The molecule has 1 amide bonds. The minimum Gasteiger partial charge on any atom is -0.309 e. The Balaban J connectivity index is 2.45. The van der Waals surface area contributed by atoms with E-state index >= 15 is 0 Å². The van der Waals surface area contributed by atoms with Crippen LogP contribution in [0.25, 0.3) is 0 Å². The summed E-state index contributed by atoms with van der Waals surface area (Å²) in [6, 6.07) is 17.5. The summed E-state index contributed by atoms with van der Waals surface area (Å²) in [5.41, 5.74) is 0. The molecule has 2 nitrogen and oxygen atoms in total. The van der Waals surface area contributed by atoms with Gasteiger partial charge in [-0.2, -0.15) is 13.2 Å². The van der Waals surface area contributed by atoms with Crippen LogP contribution in [0.5, 0.6) is 0 Å². The molecule has 0 unspecified atom stereocenters. The SMILES string of the molecule is CN(C(=O)C(F)(F)F)P(c1ccccc1)c1ccccc1. The number of hydrogen-bond acceptors (Lipinski definition) is 1. The van der Waals surface area contributed by atoms with E-state index in [1.165, 1.54) is 7.05 Å². The van der Waals surface area contributed by atoms with Crippen molar-refractivity contribution in [3.63, 3.8) is 0 Å². The Bertz CT molecular complexity index is 562. The molecule has 0 heterocycles. The lowest BCUT2D eigenvalue weighted by Crippen LogP contribution is -2.39. The first-order valence-electron chi connectivity index (χ1n) is 6.16. The van der Waals surface area contributed by atoms with Gasteiger partial charge in [0.25, 0.3) is 0 Å². The van der Waals surface area contributed by atoms with Crippen LogP contribution in [-0.4, -0.2) is 23.8 Å². The molecule has 2 rings (SSSR count). The summed E-state index contributed by atoms with van der Waals surface area (Å²) >= 11 is 0. The van der Waals surface area contributed by atoms with E-state index in [9.17, 15) is 18.0 Å². The molecule has 0 atom stereocenters. The number of alkyl halides is 3. The van der Waals surface area contributed by atoms with Crippen molar-refractivity contribution in [2.45, 2.75) is 6.18 Å². The van der Waals surface area contributed by atoms with Gasteiger partial charge in [-0.25, -0.2) is 0 Å². The first-order chi connectivity index (χ1) is 9.91. The van der Waals surface area contributed by atoms with Gasteiger partial charge in [0.2, 0.25) is 0 Å². The topological polar surface area (TPSA) is 20.3 Å². The van der Waals surface area contributed by atoms with Crippen molar-refractivity contribution >= 4 is 24.6 Å². The smallest absolute Gasteiger partial charge is 0.309 e. The molecule has 2 aromatic carbocycles. The highest BCUT2D eigenvalue weighted by Gasteiger charge is 2.43. The molecule has 0 saturated carbocycles. The van der Waals surface area contributed by atoms with Crippen LogP contribution in [0.2, 0.25) is 0 Å². The molecule has 0 N–H and O–H groups in total. The number of hydrogen-bond donors (Lipinski definition) is 0. The molecule has 0 aliphatic carbocycles. The van der Waals surface area contributed by atoms with Crippen molar-refractivity contribution in [2.75, 3.05) is 7.05 Å². The quantitative estimate of drug-likeness (QED) is 0.798. The highest BCUT2D eigenvalue weighted by molar-refractivity contribution is 7.71. The van der Waals surface area contributed by atoms with E-state index in [0.717, 1.165) is 4.67 Å². The van der Waals surface area contributed by atoms with Crippen LogP contribution in [0.15, 0.2) is 60.7 Å². The van der Waals surface area contributed by atoms with Crippen molar-refractivity contribution in [3.05, 3.63) is 60.7 Å². The third-order valence-corrected chi connectivity index (χ3v) is 5.19. The van der Waals surface area contributed by atoms with Gasteiger partial charge in [0.05, 0.1) is 8.07 Å². The van der Waals surface area contributed by atoms with Crippen LogP contribution >= 0.6 is 8.07 Å². The Kier molecular flexibility index (Phi) is 4.63. The summed E-state index contributed by atoms with van der Waals surface area (Å²) in [6.45, 7) is 0. The van der Waals surface area contributed by atoms with Crippen LogP contribution in [0, 0.1) is 0 Å². The fourth-order valence-corrected chi connectivity index (χ4v) is 4.10. The maximum absolute atomic E-state index is 12.7. The predicted octanol–water partition coefficient (Wildman–Crippen LogP) is 3.06. The average molecular weight is 311 g/mol. The zero-order chi connectivity index (χ0) is 15.5. The molecule has 21 heavy (non-hydrogen) atoms. The molecule has 0 fully saturated rings. The molecule has 0 aliphatic rings. The molecule has 0 bridgehead atoms. The molecule has 0 saturated heterocycles. The van der Waals surface area contributed by atoms with E-state index in [0.29, 0.717) is 10.6 Å². The van der Waals surface area contributed by atoms with E-state index in [2.05, 4.69) is 0 Å². The van der Waals surface area contributed by atoms with Crippen molar-refractivity contribution in [1.29, 1.82) is 0 Å². The van der Waals surface area contributed by atoms with Gasteiger partial charge in [0.15, 0.2) is 0 Å². The molecule has 0 spiro atoms. The van der Waals surface area contributed by atoms with Crippen LogP contribution in [0.3, 0.4) is 0 Å². The van der Waals surface area contributed by atoms with Crippen LogP contribution in [0.1, 0.15) is 0 Å². The fourth-order valence-electron chi connectivity index (χ4n) is 1.91. The number of halogens is 3. The molecular formula is C15H13F3NOP. The zero-order valence-corrected chi connectivity index (χ0v) is 12.1. The van der Waals surface area contributed by atoms with Gasteiger partial charge < -0.3 is 4.67 Å². The van der Waals surface area contributed by atoms with Gasteiger partial charge in [-0.15, -0.1) is 0 Å². The lowest BCUT2D eigenvalue weighted by Gasteiger charge is -2.29. The lowest BCUT2D eigenvalue weighted by molar-refractivity contribution is -0.179. The Morgan fingerprint density at radius 2 is 1.29 bits per heavy atom. The summed E-state index contributed by atoms with van der Waals surface area (Å²) in [5, 5.41) is 1.39. The highest BCUT2D eigenvalue weighted by Crippen LogP contribution is 2.39. The zero-order valence-electron chi connectivity index (χ0n) is 11.2. The minimum absolute atomic E-state index is 0.693. The summed E-state index contributed by atoms with van der Waals surface area (Å²) in [7, 11) is -0.356. The third kappa shape index (κ3) is 3.61. The normalized spacial score (nSPS) is 11.5. The van der Waals surface area contributed by atoms with Gasteiger partial charge in [-0.05, 0) is 0 Å². The van der Waals surface area contributed by atoms with Crippen LogP contribution in [0.4, 0.5) is 13.2 Å². The molecule has 0 radical (unpaired) electrons. The first kappa shape index (κ1) is 15.5. The van der Waals surface area contributed by atoms with Gasteiger partial charge >= 0.3 is 12.1 Å². The number of rotatable bonds is 3. The number of carbonyl (C=O) groups is 1. The second kappa shape index (κ2) is 6.27. The van der Waals surface area contributed by atoms with Gasteiger partial charge in [-0.1, -0.05) is 60.7 Å². The largest absolute Gasteiger partial charge is 0.471 e. The van der Waals surface area contributed by atoms with Crippen LogP contribution < -0.4 is 10.6 Å². The van der Waals surface area contributed by atoms with E-state index < -0.39 is 20.2 Å². The van der Waals surface area contributed by atoms with Gasteiger partial charge in [0.1, 0.15) is 0 Å². The van der Waals surface area contributed by atoms with Crippen molar-refractivity contribution in [2.24, 2.45) is 0 Å². The summed E-state index contributed by atoms with van der Waals surface area (Å²) < 4.78 is 38.9. The standard InChI is InChI=1S/C15H13F3NOP/c1-19(14(20)15(16,17)18)21(12-8-4-2-5-9-12)13-10-6-3-7-11-13/h2-11H,1H3. The van der Waals surface area contributed by atoms with E-state index in [1.54, 1.807) is 60.7 Å². The van der Waals surface area contributed by atoms with E-state index in [-0.39, 0.29) is 0 Å². The predicted molar refractivity (Wildman–Crippen MR) is 77.9 cm³/mol. The second-order valence-electron chi connectivity index (χ2n) is 4.31. The van der Waals surface area contributed by atoms with Crippen molar-refractivity contribution in [1.82, 2.24) is 4.67 Å². The summed E-state index contributed by atoms with van der Waals surface area (Å²) in [5.74, 6) is -1.83. The molecule has 0 aromatic heterocycles. The molecule has 0 aliphatic heterocycles. The van der Waals surface area contributed by atoms with Crippen molar-refractivity contribution in [3.8, 4) is 0 Å². The Morgan fingerprint density at radius 3 is 1.62 bits per heavy atom. The Hall–Kier alpha value is -1.87. The van der Waals surface area contributed by atoms with E-state index in [4.69, 9.17) is 0 Å². The second-order valence-corrected chi connectivity index (χ2v) is 6.57. The van der Waals surface area contributed by atoms with Gasteiger partial charge in [-0.3, -0.25) is 4.79 Å². The number of amides is 1. The fraction of sp³-hybridized carbons (Fsp3) is 0.133. The van der Waals surface area contributed by atoms with Crippen LogP contribution in [-0.2, 0) is 4.79 Å². The average Bonchev–Trinajstić information content (AvgIpc) is 2.48. The monoisotopic (exact) mass is 311 g/mol. The number of benzene rings is 2. The Morgan fingerprint density at radius 1 is 0.905 bits per heavy atom. The van der Waals surface area contributed by atoms with E-state index in [1.807, 2.05) is 0 Å². The van der Waals surface area contributed by atoms with Crippen molar-refractivity contribution < 1.29 is 18.0 Å².